The lowest BCUT2D eigenvalue weighted by Crippen LogP contribution is -2.53. The first kappa shape index (κ1) is 30.8. The van der Waals surface area contributed by atoms with Gasteiger partial charge in [0.05, 0.1) is 30.6 Å². The number of likely N-dealkylation sites (N-methyl/N-ethyl adjacent to an activating group) is 1. The lowest BCUT2D eigenvalue weighted by Gasteiger charge is -2.40. The molecule has 0 spiro atoms. The molecule has 1 amide bonds. The summed E-state index contributed by atoms with van der Waals surface area (Å²) in [4.78, 5) is 39.4. The van der Waals surface area contributed by atoms with Crippen molar-refractivity contribution in [2.24, 2.45) is 5.92 Å². The number of aliphatic hydroxyl groups excluding tert-OH is 1. The van der Waals surface area contributed by atoms with Crippen LogP contribution >= 0.6 is 11.6 Å². The minimum Gasteiger partial charge on any atom is -0.483 e. The number of rotatable bonds is 9. The Kier molecular flexibility index (Phi) is 9.15. The zero-order valence-corrected chi connectivity index (χ0v) is 25.8. The van der Waals surface area contributed by atoms with Crippen molar-refractivity contribution in [1.82, 2.24) is 24.3 Å². The second-order valence-electron chi connectivity index (χ2n) is 11.9. The lowest BCUT2D eigenvalue weighted by atomic mass is 10.1. The maximum absolute atomic E-state index is 12.9. The van der Waals surface area contributed by atoms with Crippen LogP contribution in [0.4, 0.5) is 17.3 Å². The van der Waals surface area contributed by atoms with Crippen molar-refractivity contribution in [2.45, 2.75) is 43.7 Å². The van der Waals surface area contributed by atoms with E-state index in [1.54, 1.807) is 6.07 Å². The third-order valence-electron chi connectivity index (χ3n) is 8.75. The number of aliphatic hydroxyl groups is 1. The molecular formula is C32H37ClN8O4. The molecular weight excluding hydrogens is 596 g/mol. The molecule has 7 rings (SSSR count). The van der Waals surface area contributed by atoms with E-state index in [4.69, 9.17) is 26.5 Å². The molecule has 12 nitrogen and oxygen atoms in total. The summed E-state index contributed by atoms with van der Waals surface area (Å²) in [6, 6.07) is 11.9. The first-order chi connectivity index (χ1) is 21.9. The number of carbonyl (C=O) groups excluding carboxylic acids is 1. The number of nitrogens with zero attached hydrogens (tertiary/aromatic N) is 6. The van der Waals surface area contributed by atoms with Crippen LogP contribution in [0.2, 0.25) is 5.02 Å². The standard InChI is InChI=1S/C31H35ClN8O2.CH2O2/c1-38-7-8-39(16-24(38)17-41)27-10-21(19-5-6-19)14-40-15-23(36-30(27)40)13-33-28-12-29(35-18-34-28)37-31(42)26-11-25(26)20-3-2-4-22(32)9-20;2-1-3/h2-4,9-10,12,14-15,18-19,24-26,41H,5-8,11,13,16-17H2,1H3,(H2,33,34,35,37,42);1H,(H,2,3)/t24?,25-,26+;/m1./s1. The minimum absolute atomic E-state index is 0.0451. The van der Waals surface area contributed by atoms with Gasteiger partial charge in [-0.05, 0) is 67.5 Å². The highest BCUT2D eigenvalue weighted by molar-refractivity contribution is 6.30. The topological polar surface area (TPSA) is 148 Å². The Morgan fingerprint density at radius 3 is 2.67 bits per heavy atom. The van der Waals surface area contributed by atoms with Gasteiger partial charge in [0.2, 0.25) is 5.91 Å². The van der Waals surface area contributed by atoms with Crippen LogP contribution in [-0.2, 0) is 16.1 Å². The monoisotopic (exact) mass is 632 g/mol. The van der Waals surface area contributed by atoms with Crippen LogP contribution in [0.3, 0.4) is 0 Å². The molecule has 3 aromatic heterocycles. The number of aromatic nitrogens is 4. The number of hydrogen-bond donors (Lipinski definition) is 4. The van der Waals surface area contributed by atoms with E-state index in [-0.39, 0.29) is 36.9 Å². The molecule has 1 aliphatic heterocycles. The fourth-order valence-corrected chi connectivity index (χ4v) is 6.18. The van der Waals surface area contributed by atoms with Crippen molar-refractivity contribution >= 4 is 47.0 Å². The van der Waals surface area contributed by atoms with Crippen molar-refractivity contribution in [2.75, 3.05) is 48.8 Å². The second-order valence-corrected chi connectivity index (χ2v) is 12.3. The molecule has 0 bridgehead atoms. The predicted octanol–water partition coefficient (Wildman–Crippen LogP) is 3.82. The van der Waals surface area contributed by atoms with Gasteiger partial charge in [-0.15, -0.1) is 0 Å². The van der Waals surface area contributed by atoms with Crippen LogP contribution < -0.4 is 15.5 Å². The van der Waals surface area contributed by atoms with Gasteiger partial charge in [0.15, 0.2) is 5.65 Å². The lowest BCUT2D eigenvalue weighted by molar-refractivity contribution is -0.123. The molecule has 0 radical (unpaired) electrons. The van der Waals surface area contributed by atoms with Gasteiger partial charge in [0.25, 0.3) is 6.47 Å². The number of anilines is 3. The van der Waals surface area contributed by atoms with Crippen LogP contribution in [-0.4, -0.2) is 86.2 Å². The zero-order valence-electron chi connectivity index (χ0n) is 25.0. The molecule has 3 atom stereocenters. The molecule has 1 unspecified atom stereocenters. The van der Waals surface area contributed by atoms with Crippen molar-refractivity contribution in [3.05, 3.63) is 77.0 Å². The Morgan fingerprint density at radius 1 is 1.11 bits per heavy atom. The van der Waals surface area contributed by atoms with Crippen molar-refractivity contribution in [3.63, 3.8) is 0 Å². The molecule has 236 valence electrons. The quantitative estimate of drug-likeness (QED) is 0.201. The number of imidazole rings is 1. The fourth-order valence-electron chi connectivity index (χ4n) is 5.99. The molecule has 4 heterocycles. The first-order valence-corrected chi connectivity index (χ1v) is 15.5. The first-order valence-electron chi connectivity index (χ1n) is 15.1. The fraction of sp³-hybridized carbons (Fsp3) is 0.406. The van der Waals surface area contributed by atoms with Gasteiger partial charge in [-0.3, -0.25) is 14.5 Å². The van der Waals surface area contributed by atoms with Gasteiger partial charge < -0.3 is 30.1 Å². The summed E-state index contributed by atoms with van der Waals surface area (Å²) in [5.41, 5.74) is 5.38. The Bertz CT molecular complexity index is 1680. The SMILES string of the molecule is CN1CCN(c2cc(C3CC3)cn3cc(CNc4cc(NC(=O)[C@H]5C[C@@H]5c5cccc(Cl)c5)ncn4)nc23)CC1CO.O=CO. The van der Waals surface area contributed by atoms with Gasteiger partial charge in [0.1, 0.15) is 18.0 Å². The summed E-state index contributed by atoms with van der Waals surface area (Å²) < 4.78 is 2.14. The third kappa shape index (κ3) is 7.19. The normalized spacial score (nSPS) is 21.1. The van der Waals surface area contributed by atoms with Gasteiger partial charge in [0, 0.05) is 49.0 Å². The molecule has 4 N–H and O–H groups in total. The molecule has 3 aliphatic rings. The number of piperazine rings is 1. The molecule has 2 saturated carbocycles. The van der Waals surface area contributed by atoms with Crippen molar-refractivity contribution in [1.29, 1.82) is 0 Å². The summed E-state index contributed by atoms with van der Waals surface area (Å²) in [6.07, 6.45) is 8.99. The number of carbonyl (C=O) groups is 2. The van der Waals surface area contributed by atoms with E-state index in [0.717, 1.165) is 48.6 Å². The summed E-state index contributed by atoms with van der Waals surface area (Å²) in [7, 11) is 2.07. The van der Waals surface area contributed by atoms with Gasteiger partial charge in [-0.2, -0.15) is 0 Å². The Balaban J connectivity index is 0.00000115. The molecule has 1 aromatic carbocycles. The van der Waals surface area contributed by atoms with E-state index in [9.17, 15) is 9.90 Å². The summed E-state index contributed by atoms with van der Waals surface area (Å²) >= 11 is 6.13. The number of pyridine rings is 1. The van der Waals surface area contributed by atoms with Crippen LogP contribution in [0.15, 0.2) is 55.1 Å². The highest BCUT2D eigenvalue weighted by Gasteiger charge is 2.44. The molecule has 1 saturated heterocycles. The molecule has 13 heteroatoms. The average molecular weight is 633 g/mol. The second kappa shape index (κ2) is 13.4. The summed E-state index contributed by atoms with van der Waals surface area (Å²) in [5.74, 6) is 1.75. The highest BCUT2D eigenvalue weighted by Crippen LogP contribution is 2.48. The zero-order chi connectivity index (χ0) is 31.5. The summed E-state index contributed by atoms with van der Waals surface area (Å²) in [5, 5.41) is 23.8. The van der Waals surface area contributed by atoms with Crippen LogP contribution in [0.25, 0.3) is 5.65 Å². The molecule has 4 aromatic rings. The van der Waals surface area contributed by atoms with Gasteiger partial charge >= 0.3 is 0 Å². The van der Waals surface area contributed by atoms with Crippen LogP contribution in [0.5, 0.6) is 0 Å². The van der Waals surface area contributed by atoms with Crippen LogP contribution in [0.1, 0.15) is 47.9 Å². The van der Waals surface area contributed by atoms with E-state index in [2.05, 4.69) is 60.3 Å². The van der Waals surface area contributed by atoms with E-state index in [1.165, 1.54) is 24.7 Å². The number of amides is 1. The number of fused-ring (bicyclic) bond motifs is 1. The largest absolute Gasteiger partial charge is 0.483 e. The van der Waals surface area contributed by atoms with E-state index >= 15 is 0 Å². The third-order valence-corrected chi connectivity index (χ3v) is 8.99. The maximum atomic E-state index is 12.9. The Hall–Kier alpha value is -4.26. The number of hydrogen-bond acceptors (Lipinski definition) is 9. The number of benzene rings is 1. The van der Waals surface area contributed by atoms with Gasteiger partial charge in [-0.1, -0.05) is 23.7 Å². The van der Waals surface area contributed by atoms with E-state index < -0.39 is 0 Å². The van der Waals surface area contributed by atoms with Gasteiger partial charge in [-0.25, -0.2) is 15.0 Å². The van der Waals surface area contributed by atoms with E-state index in [1.807, 2.05) is 24.3 Å². The average Bonchev–Trinajstić information content (AvgIpc) is 3.97. The van der Waals surface area contributed by atoms with Crippen LogP contribution in [0, 0.1) is 5.92 Å². The van der Waals surface area contributed by atoms with Crippen molar-refractivity contribution < 1.29 is 19.8 Å². The number of nitrogens with one attached hydrogen (secondary N) is 2. The Morgan fingerprint density at radius 2 is 1.91 bits per heavy atom. The molecule has 2 aliphatic carbocycles. The smallest absolute Gasteiger partial charge is 0.290 e. The number of carboxylic acid groups (broad SMARTS) is 1. The number of halogens is 1. The molecule has 45 heavy (non-hydrogen) atoms. The predicted molar refractivity (Wildman–Crippen MR) is 172 cm³/mol. The summed E-state index contributed by atoms with van der Waals surface area (Å²) in [6.45, 7) is 2.93. The Labute approximate surface area is 266 Å². The van der Waals surface area contributed by atoms with Crippen molar-refractivity contribution in [3.8, 4) is 0 Å². The molecule has 3 fully saturated rings. The highest BCUT2D eigenvalue weighted by atomic mass is 35.5. The minimum atomic E-state index is -0.250. The van der Waals surface area contributed by atoms with E-state index in [0.29, 0.717) is 29.1 Å². The maximum Gasteiger partial charge on any atom is 0.290 e.